The van der Waals surface area contributed by atoms with Gasteiger partial charge in [0.15, 0.2) is 0 Å². The average Bonchev–Trinajstić information content (AvgIpc) is 2.83. The van der Waals surface area contributed by atoms with Gasteiger partial charge in [-0.3, -0.25) is 14.3 Å². The first-order chi connectivity index (χ1) is 16.9. The maximum absolute atomic E-state index is 10.6. The first-order valence-electron chi connectivity index (χ1n) is 14.8. The van der Waals surface area contributed by atoms with Crippen molar-refractivity contribution in [2.75, 3.05) is 6.54 Å². The molecule has 0 aliphatic heterocycles. The number of rotatable bonds is 23. The molecule has 0 aromatic carbocycles. The largest absolute Gasteiger partial charge is 0.370 e. The normalized spacial score (nSPS) is 11.1. The summed E-state index contributed by atoms with van der Waals surface area (Å²) in [5.41, 5.74) is 9.81. The average molecular weight is 518 g/mol. The fourth-order valence-corrected chi connectivity index (χ4v) is 3.97. The van der Waals surface area contributed by atoms with Crippen LogP contribution < -0.4 is 16.2 Å². The Balaban J connectivity index is -0.000000439. The zero-order valence-corrected chi connectivity index (χ0v) is 24.9. The lowest BCUT2D eigenvalue weighted by molar-refractivity contribution is -0.126. The van der Waals surface area contributed by atoms with Crippen LogP contribution in [-0.2, 0) is 9.59 Å². The lowest BCUT2D eigenvalue weighted by Gasteiger charge is -2.08. The monoisotopic (exact) mass is 517 g/mol. The molecule has 0 heterocycles. The maximum Gasteiger partial charge on any atom is 0.222 e. The molecule has 0 bridgehead atoms. The van der Waals surface area contributed by atoms with E-state index in [1.54, 1.807) is 0 Å². The second-order valence-corrected chi connectivity index (χ2v) is 10.1. The summed E-state index contributed by atoms with van der Waals surface area (Å²) in [6.45, 7) is 9.37. The van der Waals surface area contributed by atoms with Gasteiger partial charge in [0, 0.05) is 13.0 Å². The number of hydrogen-bond acceptors (Lipinski definition) is 4. The zero-order valence-electron chi connectivity index (χ0n) is 24.1. The van der Waals surface area contributed by atoms with E-state index in [-0.39, 0.29) is 13.0 Å². The summed E-state index contributed by atoms with van der Waals surface area (Å²) >= 11 is 3.67. The molecule has 1 unspecified atom stereocenters. The molecule has 0 aliphatic carbocycles. The first kappa shape index (κ1) is 38.8. The van der Waals surface area contributed by atoms with Crippen molar-refractivity contribution in [3.8, 4) is 0 Å². The summed E-state index contributed by atoms with van der Waals surface area (Å²) in [5.74, 6) is -1.66. The summed E-state index contributed by atoms with van der Waals surface area (Å²) in [6.07, 6.45) is 28.8. The Kier molecular flexibility index (Phi) is 39.2. The highest BCUT2D eigenvalue weighted by atomic mass is 32.1. The van der Waals surface area contributed by atoms with Gasteiger partial charge in [0.05, 0.1) is 5.92 Å². The van der Waals surface area contributed by atoms with Crippen molar-refractivity contribution in [1.29, 1.82) is 0 Å². The molecule has 0 saturated heterocycles. The molecular weight excluding hydrogens is 454 g/mol. The van der Waals surface area contributed by atoms with Crippen LogP contribution in [0.2, 0.25) is 0 Å². The summed E-state index contributed by atoms with van der Waals surface area (Å²) in [4.78, 5) is 20.9. The third-order valence-electron chi connectivity index (χ3n) is 6.10. The predicted molar refractivity (Wildman–Crippen MR) is 159 cm³/mol. The van der Waals surface area contributed by atoms with E-state index >= 15 is 0 Å². The highest BCUT2D eigenvalue weighted by Crippen LogP contribution is 2.11. The molecule has 2 amide bonds. The zero-order chi connectivity index (χ0) is 27.0. The first-order valence-corrected chi connectivity index (χ1v) is 15.3. The van der Waals surface area contributed by atoms with E-state index in [9.17, 15) is 9.59 Å². The number of carbonyl (C=O) groups excluding carboxylic acids is 2. The van der Waals surface area contributed by atoms with E-state index in [1.165, 1.54) is 128 Å². The van der Waals surface area contributed by atoms with Gasteiger partial charge < -0.3 is 11.5 Å². The van der Waals surface area contributed by atoms with Gasteiger partial charge >= 0.3 is 0 Å². The molecule has 0 spiro atoms. The van der Waals surface area contributed by atoms with Gasteiger partial charge in [0.1, 0.15) is 0 Å². The minimum absolute atomic E-state index is 0.0388. The summed E-state index contributed by atoms with van der Waals surface area (Å²) in [7, 11) is 0. The van der Waals surface area contributed by atoms with Gasteiger partial charge in [-0.25, -0.2) is 0 Å². The lowest BCUT2D eigenvalue weighted by atomic mass is 10.1. The third kappa shape index (κ3) is 40.7. The standard InChI is InChI=1S/2C12H26.C5H11N3O2S/c2*1-3-5-7-9-11-12-10-8-6-4-2;6-4(9)1-3(2-8-11)5(7)10/h2*3-12H2,1-2H3;3,8,11H,1-2H2,(H2,6,9)(H2,7,10). The molecule has 0 saturated carbocycles. The van der Waals surface area contributed by atoms with Gasteiger partial charge in [-0.2, -0.15) is 0 Å². The van der Waals surface area contributed by atoms with Crippen molar-refractivity contribution >= 4 is 24.6 Å². The van der Waals surface area contributed by atoms with Crippen molar-refractivity contribution < 1.29 is 9.59 Å². The van der Waals surface area contributed by atoms with E-state index in [4.69, 9.17) is 11.5 Å². The van der Waals surface area contributed by atoms with Gasteiger partial charge in [-0.1, -0.05) is 169 Å². The SMILES string of the molecule is CCCCCCCCCCCC.CCCCCCCCCCCC.NC(=O)CC(CNS)C(N)=O. The van der Waals surface area contributed by atoms with E-state index in [0.717, 1.165) is 0 Å². The Morgan fingerprint density at radius 1 is 0.571 bits per heavy atom. The highest BCUT2D eigenvalue weighted by molar-refractivity contribution is 7.78. The van der Waals surface area contributed by atoms with Gasteiger partial charge in [0.2, 0.25) is 11.8 Å². The topological polar surface area (TPSA) is 98.2 Å². The van der Waals surface area contributed by atoms with Crippen molar-refractivity contribution in [2.24, 2.45) is 17.4 Å². The minimum Gasteiger partial charge on any atom is -0.370 e. The number of nitrogens with two attached hydrogens (primary N) is 2. The van der Waals surface area contributed by atoms with Gasteiger partial charge in [0.25, 0.3) is 0 Å². The van der Waals surface area contributed by atoms with E-state index in [0.29, 0.717) is 0 Å². The predicted octanol–water partition coefficient (Wildman–Crippen LogP) is 8.25. The van der Waals surface area contributed by atoms with Crippen molar-refractivity contribution in [3.63, 3.8) is 0 Å². The number of primary amides is 2. The smallest absolute Gasteiger partial charge is 0.222 e. The molecule has 0 aliphatic rings. The molecule has 0 rings (SSSR count). The molecule has 6 heteroatoms. The van der Waals surface area contributed by atoms with Crippen LogP contribution in [0, 0.1) is 5.92 Å². The molecule has 5 nitrogen and oxygen atoms in total. The molecule has 5 N–H and O–H groups in total. The van der Waals surface area contributed by atoms with Crippen LogP contribution in [0.3, 0.4) is 0 Å². The van der Waals surface area contributed by atoms with Crippen LogP contribution in [0.15, 0.2) is 0 Å². The third-order valence-corrected chi connectivity index (χ3v) is 6.28. The van der Waals surface area contributed by atoms with Crippen LogP contribution in [0.4, 0.5) is 0 Å². The molecule has 0 aromatic heterocycles. The van der Waals surface area contributed by atoms with Crippen molar-refractivity contribution in [1.82, 2.24) is 4.72 Å². The second-order valence-electron chi connectivity index (χ2n) is 9.79. The van der Waals surface area contributed by atoms with Gasteiger partial charge in [-0.05, 0) is 0 Å². The van der Waals surface area contributed by atoms with Crippen LogP contribution >= 0.6 is 12.8 Å². The number of nitrogens with one attached hydrogen (secondary N) is 1. The number of hydrogen-bond donors (Lipinski definition) is 4. The van der Waals surface area contributed by atoms with E-state index in [2.05, 4.69) is 45.2 Å². The van der Waals surface area contributed by atoms with E-state index in [1.807, 2.05) is 0 Å². The fourth-order valence-electron chi connectivity index (χ4n) is 3.75. The Hall–Kier alpha value is -0.750. The lowest BCUT2D eigenvalue weighted by Crippen LogP contribution is -2.33. The summed E-state index contributed by atoms with van der Waals surface area (Å²) in [6, 6.07) is 0. The summed E-state index contributed by atoms with van der Waals surface area (Å²) in [5, 5.41) is 0. The number of thiol groups is 1. The number of carbonyl (C=O) groups is 2. The molecular formula is C29H63N3O2S. The quantitative estimate of drug-likeness (QED) is 0.0811. The molecule has 212 valence electrons. The van der Waals surface area contributed by atoms with Crippen molar-refractivity contribution in [3.05, 3.63) is 0 Å². The molecule has 0 radical (unpaired) electrons. The highest BCUT2D eigenvalue weighted by Gasteiger charge is 2.16. The van der Waals surface area contributed by atoms with E-state index < -0.39 is 17.7 Å². The Morgan fingerprint density at radius 3 is 1.00 bits per heavy atom. The summed E-state index contributed by atoms with van der Waals surface area (Å²) < 4.78 is 2.44. The Morgan fingerprint density at radius 2 is 0.829 bits per heavy atom. The Labute approximate surface area is 225 Å². The van der Waals surface area contributed by atoms with Crippen LogP contribution in [0.25, 0.3) is 0 Å². The van der Waals surface area contributed by atoms with Crippen molar-refractivity contribution in [2.45, 2.75) is 163 Å². The van der Waals surface area contributed by atoms with Crippen LogP contribution in [0.1, 0.15) is 163 Å². The second kappa shape index (κ2) is 35.4. The molecule has 0 aromatic rings. The molecule has 35 heavy (non-hydrogen) atoms. The number of unbranched alkanes of at least 4 members (excludes halogenated alkanes) is 18. The van der Waals surface area contributed by atoms with Gasteiger partial charge in [-0.15, -0.1) is 0 Å². The Bertz CT molecular complexity index is 383. The number of amides is 2. The van der Waals surface area contributed by atoms with Crippen LogP contribution in [-0.4, -0.2) is 18.4 Å². The minimum atomic E-state index is -0.565. The fraction of sp³-hybridized carbons (Fsp3) is 0.931. The molecule has 0 fully saturated rings. The van der Waals surface area contributed by atoms with Crippen LogP contribution in [0.5, 0.6) is 0 Å². The molecule has 1 atom stereocenters. The maximum atomic E-state index is 10.6.